The van der Waals surface area contributed by atoms with Crippen LogP contribution in [0.4, 0.5) is 5.13 Å². The fraction of sp³-hybridized carbons (Fsp3) is 0.452. The summed E-state index contributed by atoms with van der Waals surface area (Å²) in [6.45, 7) is 4.25. The third-order valence-electron chi connectivity index (χ3n) is 8.62. The molecule has 8 heteroatoms. The number of hydrogen-bond acceptors (Lipinski definition) is 8. The Kier molecular flexibility index (Phi) is 6.20. The van der Waals surface area contributed by atoms with E-state index in [4.69, 9.17) is 19.0 Å². The molecule has 3 fully saturated rings. The molecule has 1 saturated carbocycles. The van der Waals surface area contributed by atoms with Gasteiger partial charge < -0.3 is 18.9 Å². The number of benzene rings is 2. The first-order chi connectivity index (χ1) is 19.0. The molecular weight excluding hydrogens is 510 g/mol. The molecule has 0 N–H and O–H groups in total. The van der Waals surface area contributed by atoms with Crippen LogP contribution in [0.1, 0.15) is 78.6 Å². The Labute approximate surface area is 232 Å². The lowest BCUT2D eigenvalue weighted by Crippen LogP contribution is -2.45. The predicted molar refractivity (Wildman–Crippen MR) is 152 cm³/mol. The molecule has 2 bridgehead atoms. The van der Waals surface area contributed by atoms with Crippen molar-refractivity contribution in [1.82, 2.24) is 10.1 Å². The summed E-state index contributed by atoms with van der Waals surface area (Å²) in [5.74, 6) is 2.19. The fourth-order valence-electron chi connectivity index (χ4n) is 6.41. The van der Waals surface area contributed by atoms with Crippen LogP contribution < -0.4 is 9.64 Å². The Morgan fingerprint density at radius 1 is 1.13 bits per heavy atom. The summed E-state index contributed by atoms with van der Waals surface area (Å²) >= 11 is 1.66. The van der Waals surface area contributed by atoms with Crippen molar-refractivity contribution < 1.29 is 18.8 Å². The number of thiazole rings is 1. The second-order valence-corrected chi connectivity index (χ2v) is 12.2. The van der Waals surface area contributed by atoms with Gasteiger partial charge in [0.1, 0.15) is 22.7 Å². The third kappa shape index (κ3) is 4.43. The first-order valence-corrected chi connectivity index (χ1v) is 14.8. The molecule has 1 aliphatic carbocycles. The van der Waals surface area contributed by atoms with Gasteiger partial charge in [0.25, 0.3) is 0 Å². The average molecular weight is 544 g/mol. The summed E-state index contributed by atoms with van der Waals surface area (Å²) in [5, 5.41) is 5.54. The number of anilines is 1. The van der Waals surface area contributed by atoms with Crippen molar-refractivity contribution >= 4 is 32.5 Å². The van der Waals surface area contributed by atoms with E-state index in [1.54, 1.807) is 31.4 Å². The Morgan fingerprint density at radius 3 is 2.59 bits per heavy atom. The topological polar surface area (TPSA) is 77.7 Å². The van der Waals surface area contributed by atoms with Crippen molar-refractivity contribution in [2.75, 3.05) is 12.0 Å². The summed E-state index contributed by atoms with van der Waals surface area (Å²) in [4.78, 5) is 19.5. The van der Waals surface area contributed by atoms with Crippen molar-refractivity contribution in [3.63, 3.8) is 0 Å². The molecule has 2 unspecified atom stereocenters. The van der Waals surface area contributed by atoms with Crippen LogP contribution in [0.25, 0.3) is 21.5 Å². The van der Waals surface area contributed by atoms with Crippen LogP contribution >= 0.6 is 11.3 Å². The molecule has 2 aromatic carbocycles. The van der Waals surface area contributed by atoms with Crippen molar-refractivity contribution in [2.24, 2.45) is 0 Å². The van der Waals surface area contributed by atoms with E-state index in [0.717, 1.165) is 63.6 Å². The monoisotopic (exact) mass is 543 g/mol. The highest BCUT2D eigenvalue weighted by Crippen LogP contribution is 2.46. The molecular formula is C31H33N3O4S. The van der Waals surface area contributed by atoms with Crippen LogP contribution in [0.15, 0.2) is 40.9 Å². The number of piperidine rings is 1. The van der Waals surface area contributed by atoms with E-state index in [9.17, 15) is 4.79 Å². The smallest absolute Gasteiger partial charge is 0.187 e. The number of ether oxygens (including phenoxy) is 2. The molecule has 3 aliphatic rings. The number of Topliss-reactive ketones (excluding diaryl/α,β-unsaturated/α-hetero) is 1. The molecule has 7 rings (SSSR count). The second-order valence-electron chi connectivity index (χ2n) is 11.2. The molecule has 4 heterocycles. The zero-order chi connectivity index (χ0) is 26.7. The van der Waals surface area contributed by atoms with Gasteiger partial charge in [-0.15, -0.1) is 0 Å². The van der Waals surface area contributed by atoms with Gasteiger partial charge in [-0.05, 0) is 70.1 Å². The lowest BCUT2D eigenvalue weighted by Gasteiger charge is -2.38. The fourth-order valence-corrected chi connectivity index (χ4v) is 7.58. The molecule has 0 spiro atoms. The molecule has 2 saturated heterocycles. The van der Waals surface area contributed by atoms with Crippen molar-refractivity contribution in [1.29, 1.82) is 0 Å². The van der Waals surface area contributed by atoms with E-state index in [2.05, 4.69) is 41.2 Å². The van der Waals surface area contributed by atoms with Gasteiger partial charge in [0, 0.05) is 34.7 Å². The van der Waals surface area contributed by atoms with Crippen molar-refractivity contribution in [3.8, 4) is 17.0 Å². The van der Waals surface area contributed by atoms with Crippen molar-refractivity contribution in [3.05, 3.63) is 58.8 Å². The maximum Gasteiger partial charge on any atom is 0.187 e. The van der Waals surface area contributed by atoms with E-state index in [1.165, 1.54) is 18.4 Å². The quantitative estimate of drug-likeness (QED) is 0.220. The lowest BCUT2D eigenvalue weighted by atomic mass is 9.99. The Balaban J connectivity index is 1.11. The highest BCUT2D eigenvalue weighted by atomic mass is 32.1. The molecule has 39 heavy (non-hydrogen) atoms. The number of aromatic nitrogens is 2. The van der Waals surface area contributed by atoms with Gasteiger partial charge in [-0.2, -0.15) is 0 Å². The molecule has 7 nitrogen and oxygen atoms in total. The maximum absolute atomic E-state index is 12.0. The van der Waals surface area contributed by atoms with Gasteiger partial charge in [-0.25, -0.2) is 4.98 Å². The predicted octanol–water partition coefficient (Wildman–Crippen LogP) is 7.06. The molecule has 2 aromatic heterocycles. The number of fused-ring (bicyclic) bond motifs is 3. The van der Waals surface area contributed by atoms with E-state index in [-0.39, 0.29) is 11.9 Å². The summed E-state index contributed by atoms with van der Waals surface area (Å²) in [6, 6.07) is 12.9. The minimum atomic E-state index is 0.0337. The number of hydrogen-bond donors (Lipinski definition) is 0. The van der Waals surface area contributed by atoms with Crippen LogP contribution in [-0.2, 0) is 11.3 Å². The Bertz CT molecular complexity index is 1540. The highest BCUT2D eigenvalue weighted by molar-refractivity contribution is 7.22. The third-order valence-corrected chi connectivity index (χ3v) is 9.63. The van der Waals surface area contributed by atoms with E-state index < -0.39 is 0 Å². The Morgan fingerprint density at radius 2 is 1.90 bits per heavy atom. The van der Waals surface area contributed by atoms with E-state index in [0.29, 0.717) is 35.9 Å². The highest BCUT2D eigenvalue weighted by Gasteiger charge is 2.43. The zero-order valence-electron chi connectivity index (χ0n) is 22.6. The molecule has 202 valence electrons. The number of nitrogens with zero attached hydrogens (tertiary/aromatic N) is 3. The van der Waals surface area contributed by atoms with E-state index in [1.807, 2.05) is 6.07 Å². The standard InChI is InChI=1S/C31H33N3O4S/c1-17-6-4-5-7-24(17)28-25(30(38-33-28)19-8-9-19)16-37-23-14-21-10-11-22(15-23)34(21)31-32-29-26(36-3)12-20(18(2)35)13-27(29)39-31/h4-7,12-13,19,21-23H,8-11,14-16H2,1-3H3/t21-,22?,23?/m0/s1. The zero-order valence-corrected chi connectivity index (χ0v) is 23.4. The second kappa shape index (κ2) is 9.75. The number of aryl methyl sites for hydroxylation is 1. The van der Waals surface area contributed by atoms with Crippen molar-refractivity contribution in [2.45, 2.75) is 83.1 Å². The van der Waals surface area contributed by atoms with E-state index >= 15 is 0 Å². The Hall–Kier alpha value is -3.23. The van der Waals surface area contributed by atoms with Gasteiger partial charge in [0.05, 0.1) is 24.5 Å². The first kappa shape index (κ1) is 24.8. The van der Waals surface area contributed by atoms with Crippen LogP contribution in [0, 0.1) is 6.92 Å². The summed E-state index contributed by atoms with van der Waals surface area (Å²) in [6.07, 6.45) is 6.77. The molecule has 0 radical (unpaired) electrons. The van der Waals surface area contributed by atoms with Gasteiger partial charge in [-0.3, -0.25) is 4.79 Å². The first-order valence-electron chi connectivity index (χ1n) is 13.9. The largest absolute Gasteiger partial charge is 0.494 e. The number of ketones is 1. The number of carbonyl (C=O) groups is 1. The van der Waals surface area contributed by atoms with Crippen LogP contribution in [-0.4, -0.2) is 41.2 Å². The molecule has 2 aliphatic heterocycles. The minimum Gasteiger partial charge on any atom is -0.494 e. The number of methoxy groups -OCH3 is 1. The van der Waals surface area contributed by atoms with Crippen LogP contribution in [0.3, 0.4) is 0 Å². The summed E-state index contributed by atoms with van der Waals surface area (Å²) in [5.41, 5.74) is 5.88. The summed E-state index contributed by atoms with van der Waals surface area (Å²) in [7, 11) is 1.64. The molecule has 4 aromatic rings. The van der Waals surface area contributed by atoms with Gasteiger partial charge >= 0.3 is 0 Å². The van der Waals surface area contributed by atoms with Crippen LogP contribution in [0.5, 0.6) is 5.75 Å². The normalized spacial score (nSPS) is 22.5. The maximum atomic E-state index is 12.0. The molecule has 3 atom stereocenters. The van der Waals surface area contributed by atoms with Gasteiger partial charge in [0.2, 0.25) is 0 Å². The van der Waals surface area contributed by atoms with Gasteiger partial charge in [0.15, 0.2) is 10.9 Å². The number of rotatable bonds is 8. The minimum absolute atomic E-state index is 0.0337. The average Bonchev–Trinajstić information content (AvgIpc) is 3.45. The summed E-state index contributed by atoms with van der Waals surface area (Å²) < 4.78 is 19.1. The lowest BCUT2D eigenvalue weighted by molar-refractivity contribution is 0.0147. The SMILES string of the molecule is COc1cc(C(C)=O)cc2sc(N3C4CC[C@H]3CC(OCc3c(-c5ccccc5C)noc3C3CC3)C4)nc12. The van der Waals surface area contributed by atoms with Gasteiger partial charge in [-0.1, -0.05) is 40.8 Å². The van der Waals surface area contributed by atoms with Crippen LogP contribution in [0.2, 0.25) is 0 Å². The molecule has 0 amide bonds. The number of carbonyl (C=O) groups excluding carboxylic acids is 1.